The zero-order valence-electron chi connectivity index (χ0n) is 17.3. The molecule has 4 atom stereocenters. The maximum absolute atomic E-state index is 15.0. The summed E-state index contributed by atoms with van der Waals surface area (Å²) in [5.74, 6) is -5.77. The molecular weight excluding hydrogens is 380 g/mol. The van der Waals surface area contributed by atoms with Gasteiger partial charge in [-0.1, -0.05) is 20.8 Å². The van der Waals surface area contributed by atoms with Crippen LogP contribution in [0.4, 0.5) is 8.78 Å². The Labute approximate surface area is 162 Å². The summed E-state index contributed by atoms with van der Waals surface area (Å²) >= 11 is 0. The lowest BCUT2D eigenvalue weighted by Crippen LogP contribution is -2.64. The molecule has 6 nitrogen and oxygen atoms in total. The van der Waals surface area contributed by atoms with E-state index in [0.717, 1.165) is 0 Å². The average molecular weight is 412 g/mol. The number of ether oxygens (including phenoxy) is 1. The van der Waals surface area contributed by atoms with Crippen molar-refractivity contribution in [1.29, 1.82) is 0 Å². The highest BCUT2D eigenvalue weighted by Gasteiger charge is 2.68. The summed E-state index contributed by atoms with van der Waals surface area (Å²) in [6, 6.07) is 0. The van der Waals surface area contributed by atoms with Gasteiger partial charge in [-0.3, -0.25) is 0 Å². The van der Waals surface area contributed by atoms with Crippen molar-refractivity contribution in [2.45, 2.75) is 78.0 Å². The minimum absolute atomic E-state index is 0.0206. The SMILES string of the molecule is CCOC(=O)C(F)(F)[C@](C)(N[S@](=O)C(C)(C)C)[C@H]1C[C@@H]1C(C)(C)C.O=C=O. The van der Waals surface area contributed by atoms with Crippen molar-refractivity contribution < 1.29 is 32.1 Å². The van der Waals surface area contributed by atoms with E-state index in [0.29, 0.717) is 6.42 Å². The van der Waals surface area contributed by atoms with Crippen LogP contribution in [0.15, 0.2) is 0 Å². The van der Waals surface area contributed by atoms with E-state index in [1.54, 1.807) is 20.8 Å². The molecule has 0 bridgehead atoms. The predicted molar refractivity (Wildman–Crippen MR) is 97.1 cm³/mol. The van der Waals surface area contributed by atoms with Crippen molar-refractivity contribution in [3.63, 3.8) is 0 Å². The summed E-state index contributed by atoms with van der Waals surface area (Å²) in [7, 11) is -1.73. The van der Waals surface area contributed by atoms with Gasteiger partial charge in [-0.05, 0) is 58.3 Å². The molecule has 9 heteroatoms. The summed E-state index contributed by atoms with van der Waals surface area (Å²) < 4.78 is 48.9. The molecular formula is C18H31F2NO5S. The van der Waals surface area contributed by atoms with Crippen LogP contribution in [0.1, 0.15) is 61.8 Å². The van der Waals surface area contributed by atoms with Crippen LogP contribution in [0.5, 0.6) is 0 Å². The first kappa shape index (κ1) is 25.8. The van der Waals surface area contributed by atoms with Gasteiger partial charge < -0.3 is 4.74 Å². The number of hydrogen-bond acceptors (Lipinski definition) is 5. The molecule has 1 N–H and O–H groups in total. The average Bonchev–Trinajstić information content (AvgIpc) is 3.27. The van der Waals surface area contributed by atoms with Gasteiger partial charge >= 0.3 is 18.0 Å². The maximum Gasteiger partial charge on any atom is 0.379 e. The van der Waals surface area contributed by atoms with Crippen molar-refractivity contribution in [2.75, 3.05) is 6.61 Å². The van der Waals surface area contributed by atoms with Crippen LogP contribution in [-0.2, 0) is 30.1 Å². The molecule has 27 heavy (non-hydrogen) atoms. The third-order valence-corrected chi connectivity index (χ3v) is 6.41. The van der Waals surface area contributed by atoms with Crippen LogP contribution in [0.25, 0.3) is 0 Å². The number of nitrogens with one attached hydrogen (secondary N) is 1. The van der Waals surface area contributed by atoms with E-state index in [9.17, 15) is 17.8 Å². The number of rotatable bonds is 6. The molecule has 0 aromatic carbocycles. The fourth-order valence-corrected chi connectivity index (χ4v) is 3.91. The van der Waals surface area contributed by atoms with E-state index in [2.05, 4.69) is 9.46 Å². The van der Waals surface area contributed by atoms with E-state index in [-0.39, 0.29) is 24.1 Å². The zero-order valence-corrected chi connectivity index (χ0v) is 18.1. The minimum Gasteiger partial charge on any atom is -0.462 e. The Balaban J connectivity index is 0.00000210. The lowest BCUT2D eigenvalue weighted by atomic mass is 9.81. The molecule has 1 aliphatic carbocycles. The molecule has 1 fully saturated rings. The Kier molecular flexibility index (Phi) is 8.49. The predicted octanol–water partition coefficient (Wildman–Crippen LogP) is 3.09. The number of halogens is 2. The molecule has 0 aromatic rings. The van der Waals surface area contributed by atoms with Gasteiger partial charge in [0.1, 0.15) is 5.54 Å². The number of carbonyl (C=O) groups is 1. The van der Waals surface area contributed by atoms with E-state index < -0.39 is 39.1 Å². The first-order valence-corrected chi connectivity index (χ1v) is 9.89. The van der Waals surface area contributed by atoms with E-state index in [1.165, 1.54) is 13.8 Å². The first-order valence-electron chi connectivity index (χ1n) is 8.74. The lowest BCUT2D eigenvalue weighted by Gasteiger charge is -2.39. The third kappa shape index (κ3) is 6.16. The molecule has 0 unspecified atom stereocenters. The summed E-state index contributed by atoms with van der Waals surface area (Å²) in [6.07, 6.45) is 0.809. The Hall–Kier alpha value is -1.18. The van der Waals surface area contributed by atoms with Crippen LogP contribution >= 0.6 is 0 Å². The quantitative estimate of drug-likeness (QED) is 0.679. The van der Waals surface area contributed by atoms with Gasteiger partial charge in [0.25, 0.3) is 0 Å². The minimum atomic E-state index is -3.77. The molecule has 0 radical (unpaired) electrons. The van der Waals surface area contributed by atoms with Crippen molar-refractivity contribution >= 4 is 23.1 Å². The van der Waals surface area contributed by atoms with Gasteiger partial charge in [0.05, 0.1) is 22.3 Å². The molecule has 0 aromatic heterocycles. The summed E-state index contributed by atoms with van der Waals surface area (Å²) in [5, 5.41) is 0. The summed E-state index contributed by atoms with van der Waals surface area (Å²) in [5.41, 5.74) is -2.09. The van der Waals surface area contributed by atoms with E-state index >= 15 is 0 Å². The molecule has 0 aliphatic heterocycles. The van der Waals surface area contributed by atoms with Crippen LogP contribution in [-0.4, -0.2) is 39.1 Å². The Morgan fingerprint density at radius 3 is 1.85 bits per heavy atom. The Morgan fingerprint density at radius 1 is 1.11 bits per heavy atom. The monoisotopic (exact) mass is 411 g/mol. The fraction of sp³-hybridized carbons (Fsp3) is 0.889. The first-order chi connectivity index (χ1) is 12.0. The van der Waals surface area contributed by atoms with Gasteiger partial charge in [0, 0.05) is 0 Å². The lowest BCUT2D eigenvalue weighted by molar-refractivity contribution is -0.191. The number of hydrogen-bond donors (Lipinski definition) is 1. The standard InChI is InChI=1S/C17H31F2NO3S.CO2/c1-9-23-13(21)17(18,19)16(8,20-24(22)15(5,6)7)12-10-11(12)14(2,3)4;2-1-3/h11-12,20H,9-10H2,1-8H3;/t11-,12-,16+,24+;/m0./s1. The smallest absolute Gasteiger partial charge is 0.379 e. The molecule has 0 heterocycles. The second kappa shape index (κ2) is 8.88. The third-order valence-electron chi connectivity index (χ3n) is 4.69. The van der Waals surface area contributed by atoms with Gasteiger partial charge in [-0.25, -0.2) is 13.7 Å². The van der Waals surface area contributed by atoms with Gasteiger partial charge in [0.15, 0.2) is 0 Å². The molecule has 0 saturated heterocycles. The van der Waals surface area contributed by atoms with Crippen LogP contribution in [0, 0.1) is 17.3 Å². The molecule has 1 saturated carbocycles. The van der Waals surface area contributed by atoms with Crippen LogP contribution in [0.2, 0.25) is 0 Å². The second-order valence-corrected chi connectivity index (χ2v) is 10.8. The Morgan fingerprint density at radius 2 is 1.56 bits per heavy atom. The van der Waals surface area contributed by atoms with E-state index in [4.69, 9.17) is 9.59 Å². The van der Waals surface area contributed by atoms with Crippen LogP contribution in [0.3, 0.4) is 0 Å². The normalized spacial score (nSPS) is 23.2. The molecule has 1 rings (SSSR count). The van der Waals surface area contributed by atoms with E-state index in [1.807, 2.05) is 20.8 Å². The molecule has 1 aliphatic rings. The fourth-order valence-electron chi connectivity index (χ4n) is 2.94. The number of esters is 1. The Bertz CT molecular complexity index is 592. The van der Waals surface area contributed by atoms with Crippen LogP contribution < -0.4 is 4.72 Å². The van der Waals surface area contributed by atoms with Crippen molar-refractivity contribution in [2.24, 2.45) is 17.3 Å². The maximum atomic E-state index is 15.0. The molecule has 0 spiro atoms. The van der Waals surface area contributed by atoms with Gasteiger partial charge in [-0.15, -0.1) is 0 Å². The molecule has 158 valence electrons. The molecule has 0 amide bonds. The summed E-state index contributed by atoms with van der Waals surface area (Å²) in [6.45, 7) is 13.7. The number of carbonyl (C=O) groups excluding carboxylic acids is 3. The topological polar surface area (TPSA) is 89.5 Å². The second-order valence-electron chi connectivity index (χ2n) is 8.88. The van der Waals surface area contributed by atoms with Crippen molar-refractivity contribution in [1.82, 2.24) is 4.72 Å². The summed E-state index contributed by atoms with van der Waals surface area (Å²) in [4.78, 5) is 28.2. The van der Waals surface area contributed by atoms with Gasteiger partial charge in [0.2, 0.25) is 0 Å². The van der Waals surface area contributed by atoms with Crippen molar-refractivity contribution in [3.05, 3.63) is 0 Å². The van der Waals surface area contributed by atoms with Gasteiger partial charge in [-0.2, -0.15) is 18.4 Å². The highest BCUT2D eigenvalue weighted by Crippen LogP contribution is 2.59. The highest BCUT2D eigenvalue weighted by molar-refractivity contribution is 7.84. The van der Waals surface area contributed by atoms with Crippen molar-refractivity contribution in [3.8, 4) is 0 Å². The largest absolute Gasteiger partial charge is 0.462 e. The highest BCUT2D eigenvalue weighted by atomic mass is 32.2. The zero-order chi connectivity index (χ0) is 21.8. The number of alkyl halides is 2.